The molecular formula is C16H24O3. The van der Waals surface area contributed by atoms with Crippen LogP contribution in [-0.2, 0) is 6.42 Å². The highest BCUT2D eigenvalue weighted by Gasteiger charge is 2.26. The van der Waals surface area contributed by atoms with Gasteiger partial charge >= 0.3 is 0 Å². The Labute approximate surface area is 115 Å². The molecule has 0 radical (unpaired) electrons. The van der Waals surface area contributed by atoms with Crippen molar-refractivity contribution in [2.24, 2.45) is 5.92 Å². The normalized spacial score (nSPS) is 19.2. The van der Waals surface area contributed by atoms with E-state index < -0.39 is 6.10 Å². The van der Waals surface area contributed by atoms with E-state index in [2.05, 4.69) is 20.8 Å². The van der Waals surface area contributed by atoms with Crippen molar-refractivity contribution in [1.29, 1.82) is 0 Å². The van der Waals surface area contributed by atoms with E-state index in [-0.39, 0.29) is 12.0 Å². The molecule has 1 aromatic carbocycles. The zero-order chi connectivity index (χ0) is 14.0. The average molecular weight is 264 g/mol. The molecule has 1 aliphatic rings. The van der Waals surface area contributed by atoms with Gasteiger partial charge < -0.3 is 14.6 Å². The molecular weight excluding hydrogens is 240 g/mol. The quantitative estimate of drug-likeness (QED) is 0.884. The minimum Gasteiger partial charge on any atom is -0.496 e. The molecule has 0 bridgehead atoms. The summed E-state index contributed by atoms with van der Waals surface area (Å²) < 4.78 is 11.2. The van der Waals surface area contributed by atoms with E-state index >= 15 is 0 Å². The smallest absolute Gasteiger partial charge is 0.125 e. The Morgan fingerprint density at radius 2 is 2.05 bits per heavy atom. The summed E-state index contributed by atoms with van der Waals surface area (Å²) in [6, 6.07) is 3.97. The molecule has 2 unspecified atom stereocenters. The van der Waals surface area contributed by atoms with Crippen molar-refractivity contribution in [1.82, 2.24) is 0 Å². The lowest BCUT2D eigenvalue weighted by atomic mass is 9.90. The monoisotopic (exact) mass is 264 g/mol. The fourth-order valence-corrected chi connectivity index (χ4v) is 2.85. The van der Waals surface area contributed by atoms with Gasteiger partial charge in [0.2, 0.25) is 0 Å². The van der Waals surface area contributed by atoms with Gasteiger partial charge in [-0.05, 0) is 25.0 Å². The van der Waals surface area contributed by atoms with Crippen molar-refractivity contribution in [2.45, 2.75) is 52.2 Å². The van der Waals surface area contributed by atoms with E-state index in [0.29, 0.717) is 0 Å². The molecule has 2 atom stereocenters. The highest BCUT2D eigenvalue weighted by molar-refractivity contribution is 5.49. The Hall–Kier alpha value is -1.22. The van der Waals surface area contributed by atoms with E-state index in [1.54, 1.807) is 7.11 Å². The summed E-state index contributed by atoms with van der Waals surface area (Å²) in [6.07, 6.45) is 2.53. The van der Waals surface area contributed by atoms with Crippen molar-refractivity contribution in [3.05, 3.63) is 23.3 Å². The molecule has 1 N–H and O–H groups in total. The van der Waals surface area contributed by atoms with Crippen molar-refractivity contribution in [3.8, 4) is 11.5 Å². The lowest BCUT2D eigenvalue weighted by molar-refractivity contribution is 0.100. The first-order valence-corrected chi connectivity index (χ1v) is 7.16. The predicted molar refractivity (Wildman–Crippen MR) is 75.8 cm³/mol. The van der Waals surface area contributed by atoms with Gasteiger partial charge in [0, 0.05) is 17.5 Å². The van der Waals surface area contributed by atoms with Crippen molar-refractivity contribution < 1.29 is 14.6 Å². The third-order valence-corrected chi connectivity index (χ3v) is 4.06. The molecule has 3 nitrogen and oxygen atoms in total. The van der Waals surface area contributed by atoms with Gasteiger partial charge in [-0.25, -0.2) is 0 Å². The fourth-order valence-electron chi connectivity index (χ4n) is 2.85. The lowest BCUT2D eigenvalue weighted by Gasteiger charge is -2.23. The molecule has 2 rings (SSSR count). The molecule has 0 amide bonds. The summed E-state index contributed by atoms with van der Waals surface area (Å²) in [5, 5.41) is 10.6. The van der Waals surface area contributed by atoms with Gasteiger partial charge in [0.25, 0.3) is 0 Å². The highest BCUT2D eigenvalue weighted by atomic mass is 16.5. The molecule has 1 heterocycles. The van der Waals surface area contributed by atoms with Crippen LogP contribution >= 0.6 is 0 Å². The van der Waals surface area contributed by atoms with Gasteiger partial charge in [0.15, 0.2) is 0 Å². The number of hydrogen-bond donors (Lipinski definition) is 1. The van der Waals surface area contributed by atoms with Crippen molar-refractivity contribution in [3.63, 3.8) is 0 Å². The summed E-state index contributed by atoms with van der Waals surface area (Å²) in [5.41, 5.74) is 2.02. The molecule has 0 aromatic heterocycles. The molecule has 1 aromatic rings. The Bertz CT molecular complexity index is 438. The van der Waals surface area contributed by atoms with Crippen LogP contribution in [0.4, 0.5) is 0 Å². The maximum atomic E-state index is 10.6. The summed E-state index contributed by atoms with van der Waals surface area (Å²) in [7, 11) is 1.66. The van der Waals surface area contributed by atoms with Crippen molar-refractivity contribution in [2.75, 3.05) is 7.11 Å². The van der Waals surface area contributed by atoms with Crippen LogP contribution in [0.3, 0.4) is 0 Å². The molecule has 0 fully saturated rings. The van der Waals surface area contributed by atoms with Crippen LogP contribution in [0.5, 0.6) is 11.5 Å². The van der Waals surface area contributed by atoms with E-state index in [0.717, 1.165) is 36.3 Å². The Morgan fingerprint density at radius 3 is 2.63 bits per heavy atom. The fraction of sp³-hybridized carbons (Fsp3) is 0.625. The average Bonchev–Trinajstić information content (AvgIpc) is 2.77. The summed E-state index contributed by atoms with van der Waals surface area (Å²) in [4.78, 5) is 0. The topological polar surface area (TPSA) is 38.7 Å². The predicted octanol–water partition coefficient (Wildman–Crippen LogP) is 3.49. The summed E-state index contributed by atoms with van der Waals surface area (Å²) >= 11 is 0. The first-order chi connectivity index (χ1) is 9.10. The van der Waals surface area contributed by atoms with E-state index in [1.165, 1.54) is 5.56 Å². The van der Waals surface area contributed by atoms with Crippen LogP contribution in [0.25, 0.3) is 0 Å². The first kappa shape index (κ1) is 14.2. The lowest BCUT2D eigenvalue weighted by Crippen LogP contribution is -2.12. The van der Waals surface area contributed by atoms with Crippen LogP contribution < -0.4 is 9.47 Å². The molecule has 0 spiro atoms. The maximum absolute atomic E-state index is 10.6. The minimum atomic E-state index is -0.491. The molecule has 0 saturated carbocycles. The molecule has 106 valence electrons. The van der Waals surface area contributed by atoms with Gasteiger partial charge in [-0.15, -0.1) is 0 Å². The Kier molecular flexibility index (Phi) is 4.35. The first-order valence-electron chi connectivity index (χ1n) is 7.16. The largest absolute Gasteiger partial charge is 0.496 e. The Balaban J connectivity index is 2.37. The van der Waals surface area contributed by atoms with Gasteiger partial charge in [0.1, 0.15) is 17.6 Å². The number of rotatable bonds is 5. The number of ether oxygens (including phenoxy) is 2. The number of aliphatic hydroxyl groups excluding tert-OH is 1. The van der Waals surface area contributed by atoms with Crippen LogP contribution in [0.1, 0.15) is 50.8 Å². The minimum absolute atomic E-state index is 0.209. The van der Waals surface area contributed by atoms with Gasteiger partial charge in [-0.1, -0.05) is 26.7 Å². The second-order valence-corrected chi connectivity index (χ2v) is 5.36. The van der Waals surface area contributed by atoms with Crippen LogP contribution in [0, 0.1) is 5.92 Å². The number of fused-ring (bicyclic) bond motifs is 1. The molecule has 0 aliphatic carbocycles. The van der Waals surface area contributed by atoms with E-state index in [4.69, 9.17) is 9.47 Å². The van der Waals surface area contributed by atoms with Gasteiger partial charge in [0.05, 0.1) is 13.2 Å². The molecule has 3 heteroatoms. The van der Waals surface area contributed by atoms with E-state index in [9.17, 15) is 5.11 Å². The standard InChI is InChI=1S/C16H24O3/c1-5-11(6-2)16(17)13-9-14-12(7-10(3)19-14)8-15(13)18-4/h8-11,16-17H,5-7H2,1-4H3. The Morgan fingerprint density at radius 1 is 1.37 bits per heavy atom. The van der Waals surface area contributed by atoms with Crippen LogP contribution in [0.2, 0.25) is 0 Å². The third kappa shape index (κ3) is 2.71. The summed E-state index contributed by atoms with van der Waals surface area (Å²) in [6.45, 7) is 6.27. The second kappa shape index (κ2) is 5.83. The number of aliphatic hydroxyl groups is 1. The molecule has 0 saturated heterocycles. The van der Waals surface area contributed by atoms with Crippen molar-refractivity contribution >= 4 is 0 Å². The molecule has 19 heavy (non-hydrogen) atoms. The number of hydrogen-bond acceptors (Lipinski definition) is 3. The third-order valence-electron chi connectivity index (χ3n) is 4.06. The highest BCUT2D eigenvalue weighted by Crippen LogP contribution is 2.40. The maximum Gasteiger partial charge on any atom is 0.125 e. The van der Waals surface area contributed by atoms with Gasteiger partial charge in [-0.2, -0.15) is 0 Å². The number of methoxy groups -OCH3 is 1. The SMILES string of the molecule is CCC(CC)C(O)c1cc2c(cc1OC)CC(C)O2. The zero-order valence-electron chi connectivity index (χ0n) is 12.3. The van der Waals surface area contributed by atoms with Gasteiger partial charge in [-0.3, -0.25) is 0 Å². The molecule has 1 aliphatic heterocycles. The second-order valence-electron chi connectivity index (χ2n) is 5.36. The van der Waals surface area contributed by atoms with Crippen LogP contribution in [-0.4, -0.2) is 18.3 Å². The summed E-state index contributed by atoms with van der Waals surface area (Å²) in [5.74, 6) is 1.93. The van der Waals surface area contributed by atoms with Crippen LogP contribution in [0.15, 0.2) is 12.1 Å². The number of benzene rings is 1. The zero-order valence-corrected chi connectivity index (χ0v) is 12.3. The van der Waals surface area contributed by atoms with E-state index in [1.807, 2.05) is 12.1 Å².